The van der Waals surface area contributed by atoms with Crippen LogP contribution in [0, 0.1) is 12.7 Å². The van der Waals surface area contributed by atoms with Gasteiger partial charge in [-0.1, -0.05) is 48.0 Å². The quantitative estimate of drug-likeness (QED) is 0.450. The number of imidazole rings is 1. The Labute approximate surface area is 175 Å². The summed E-state index contributed by atoms with van der Waals surface area (Å²) in [6, 6.07) is 14.1. The number of aromatic nitrogens is 6. The first-order valence-electron chi connectivity index (χ1n) is 9.72. The van der Waals surface area contributed by atoms with E-state index in [0.717, 1.165) is 15.7 Å². The van der Waals surface area contributed by atoms with E-state index < -0.39 is 11.2 Å². The van der Waals surface area contributed by atoms with Gasteiger partial charge in [0.05, 0.1) is 6.54 Å². The van der Waals surface area contributed by atoms with Crippen LogP contribution >= 0.6 is 0 Å². The summed E-state index contributed by atoms with van der Waals surface area (Å²) in [6.07, 6.45) is 0. The number of hydrogen-bond donors (Lipinski definition) is 0. The van der Waals surface area contributed by atoms with Gasteiger partial charge in [-0.25, -0.2) is 13.6 Å². The Kier molecular flexibility index (Phi) is 4.14. The molecule has 5 aromatic rings. The fourth-order valence-corrected chi connectivity index (χ4v) is 3.89. The lowest BCUT2D eigenvalue weighted by atomic mass is 10.1. The minimum Gasteiger partial charge on any atom is -0.298 e. The summed E-state index contributed by atoms with van der Waals surface area (Å²) in [5.41, 5.74) is 1.95. The number of fused-ring (bicyclic) bond motifs is 3. The van der Waals surface area contributed by atoms with Crippen molar-refractivity contribution in [2.24, 2.45) is 14.1 Å². The molecular weight excluding hydrogens is 399 g/mol. The fraction of sp³-hybridized carbons (Fsp3) is 0.182. The van der Waals surface area contributed by atoms with Gasteiger partial charge >= 0.3 is 5.69 Å². The Morgan fingerprint density at radius 1 is 0.935 bits per heavy atom. The molecule has 3 heterocycles. The molecule has 8 nitrogen and oxygen atoms in total. The van der Waals surface area contributed by atoms with Gasteiger partial charge in [0.2, 0.25) is 5.78 Å². The smallest absolute Gasteiger partial charge is 0.298 e. The van der Waals surface area contributed by atoms with Gasteiger partial charge in [0.25, 0.3) is 5.56 Å². The monoisotopic (exact) mass is 418 g/mol. The minimum absolute atomic E-state index is 0.0686. The Morgan fingerprint density at radius 3 is 2.35 bits per heavy atom. The molecule has 0 saturated carbocycles. The molecule has 0 unspecified atom stereocenters. The predicted octanol–water partition coefficient (Wildman–Crippen LogP) is 2.24. The van der Waals surface area contributed by atoms with Crippen LogP contribution in [0.25, 0.3) is 28.3 Å². The van der Waals surface area contributed by atoms with Gasteiger partial charge in [-0.3, -0.25) is 18.5 Å². The molecular formula is C22H19FN6O2. The number of rotatable bonds is 3. The summed E-state index contributed by atoms with van der Waals surface area (Å²) >= 11 is 0. The van der Waals surface area contributed by atoms with E-state index in [9.17, 15) is 14.0 Å². The first kappa shape index (κ1) is 19.0. The van der Waals surface area contributed by atoms with Crippen molar-refractivity contribution in [1.82, 2.24) is 28.3 Å². The summed E-state index contributed by atoms with van der Waals surface area (Å²) in [5.74, 6) is 0.463. The summed E-state index contributed by atoms with van der Waals surface area (Å²) in [7, 11) is 3.02. The molecule has 0 radical (unpaired) electrons. The van der Waals surface area contributed by atoms with Crippen molar-refractivity contribution in [3.05, 3.63) is 86.3 Å². The molecule has 0 aliphatic rings. The van der Waals surface area contributed by atoms with Crippen molar-refractivity contribution < 1.29 is 4.39 Å². The summed E-state index contributed by atoms with van der Waals surface area (Å²) in [5, 5.41) is 8.64. The largest absolute Gasteiger partial charge is 0.332 e. The number of halogens is 1. The van der Waals surface area contributed by atoms with E-state index in [4.69, 9.17) is 0 Å². The van der Waals surface area contributed by atoms with Gasteiger partial charge in [-0.15, -0.1) is 10.2 Å². The Morgan fingerprint density at radius 2 is 1.65 bits per heavy atom. The van der Waals surface area contributed by atoms with Crippen LogP contribution in [0.15, 0.2) is 58.1 Å². The van der Waals surface area contributed by atoms with Gasteiger partial charge in [0.15, 0.2) is 17.0 Å². The zero-order chi connectivity index (χ0) is 21.9. The van der Waals surface area contributed by atoms with Gasteiger partial charge in [-0.2, -0.15) is 0 Å². The maximum absolute atomic E-state index is 14.4. The fourth-order valence-electron chi connectivity index (χ4n) is 3.89. The average Bonchev–Trinajstić information content (AvgIpc) is 3.32. The Bertz CT molecular complexity index is 1590. The van der Waals surface area contributed by atoms with Crippen LogP contribution < -0.4 is 11.2 Å². The topological polar surface area (TPSA) is 79.1 Å². The molecule has 0 amide bonds. The van der Waals surface area contributed by atoms with Crippen LogP contribution in [0.2, 0.25) is 0 Å². The van der Waals surface area contributed by atoms with E-state index in [0.29, 0.717) is 22.8 Å². The lowest BCUT2D eigenvalue weighted by molar-refractivity contribution is 0.602. The standard InChI is InChI=1S/C22H19FN6O2/c1-13-8-10-14(11-9-13)18-24-25-21-28(12-15-6-4-5-7-16(15)23)17-19(29(18)21)26(2)22(31)27(3)20(17)30/h4-11H,12H2,1-3H3. The van der Waals surface area contributed by atoms with Gasteiger partial charge in [-0.05, 0) is 13.0 Å². The molecule has 0 aliphatic heterocycles. The first-order chi connectivity index (χ1) is 14.9. The SMILES string of the molecule is Cc1ccc(-c2nnc3n(Cc4ccccc4F)c4c(=O)n(C)c(=O)n(C)c4n23)cc1. The van der Waals surface area contributed by atoms with Crippen molar-refractivity contribution in [2.75, 3.05) is 0 Å². The number of aryl methyl sites for hydroxylation is 2. The highest BCUT2D eigenvalue weighted by Crippen LogP contribution is 2.25. The number of benzene rings is 2. The van der Waals surface area contributed by atoms with E-state index in [1.165, 1.54) is 17.7 Å². The second kappa shape index (κ2) is 6.76. The summed E-state index contributed by atoms with van der Waals surface area (Å²) < 4.78 is 20.1. The summed E-state index contributed by atoms with van der Waals surface area (Å²) in [6.45, 7) is 2.05. The molecule has 0 N–H and O–H groups in total. The molecule has 0 spiro atoms. The van der Waals surface area contributed by atoms with E-state index in [2.05, 4.69) is 10.2 Å². The molecule has 3 aromatic heterocycles. The van der Waals surface area contributed by atoms with Crippen LogP contribution in [-0.2, 0) is 20.6 Å². The van der Waals surface area contributed by atoms with E-state index in [1.54, 1.807) is 34.2 Å². The van der Waals surface area contributed by atoms with E-state index in [-0.39, 0.29) is 17.9 Å². The maximum Gasteiger partial charge on any atom is 0.332 e. The van der Waals surface area contributed by atoms with Crippen LogP contribution in [0.3, 0.4) is 0 Å². The van der Waals surface area contributed by atoms with Crippen LogP contribution in [0.1, 0.15) is 11.1 Å². The molecule has 0 aliphatic carbocycles. The molecule has 0 atom stereocenters. The maximum atomic E-state index is 14.4. The van der Waals surface area contributed by atoms with Gasteiger partial charge in [0.1, 0.15) is 5.82 Å². The second-order valence-corrected chi connectivity index (χ2v) is 7.58. The predicted molar refractivity (Wildman–Crippen MR) is 115 cm³/mol. The van der Waals surface area contributed by atoms with Crippen molar-refractivity contribution >= 4 is 16.9 Å². The molecule has 0 bridgehead atoms. The highest BCUT2D eigenvalue weighted by molar-refractivity contribution is 5.80. The lowest BCUT2D eigenvalue weighted by Gasteiger charge is -2.08. The molecule has 5 rings (SSSR count). The van der Waals surface area contributed by atoms with Crippen molar-refractivity contribution in [3.63, 3.8) is 0 Å². The Hall–Kier alpha value is -4.01. The third-order valence-electron chi connectivity index (χ3n) is 5.58. The molecule has 0 saturated heterocycles. The van der Waals surface area contributed by atoms with Crippen molar-refractivity contribution in [1.29, 1.82) is 0 Å². The zero-order valence-corrected chi connectivity index (χ0v) is 17.2. The van der Waals surface area contributed by atoms with Gasteiger partial charge in [0, 0.05) is 25.2 Å². The van der Waals surface area contributed by atoms with Crippen molar-refractivity contribution in [3.8, 4) is 11.4 Å². The third kappa shape index (κ3) is 2.73. The van der Waals surface area contributed by atoms with Crippen molar-refractivity contribution in [2.45, 2.75) is 13.5 Å². The molecule has 31 heavy (non-hydrogen) atoms. The number of nitrogens with zero attached hydrogens (tertiary/aromatic N) is 6. The zero-order valence-electron chi connectivity index (χ0n) is 17.2. The highest BCUT2D eigenvalue weighted by atomic mass is 19.1. The first-order valence-corrected chi connectivity index (χ1v) is 9.72. The minimum atomic E-state index is -0.477. The number of hydrogen-bond acceptors (Lipinski definition) is 4. The molecule has 9 heteroatoms. The van der Waals surface area contributed by atoms with E-state index in [1.807, 2.05) is 31.2 Å². The summed E-state index contributed by atoms with van der Waals surface area (Å²) in [4.78, 5) is 25.8. The lowest BCUT2D eigenvalue weighted by Crippen LogP contribution is -2.37. The molecule has 156 valence electrons. The van der Waals surface area contributed by atoms with Crippen LogP contribution in [0.4, 0.5) is 4.39 Å². The molecule has 0 fully saturated rings. The normalized spacial score (nSPS) is 11.6. The van der Waals surface area contributed by atoms with E-state index >= 15 is 0 Å². The molecule has 2 aromatic carbocycles. The van der Waals surface area contributed by atoms with Gasteiger partial charge < -0.3 is 0 Å². The average molecular weight is 418 g/mol. The Balaban J connectivity index is 1.92. The second-order valence-electron chi connectivity index (χ2n) is 7.58. The third-order valence-corrected chi connectivity index (χ3v) is 5.58. The van der Waals surface area contributed by atoms with Crippen LogP contribution in [0.5, 0.6) is 0 Å². The highest BCUT2D eigenvalue weighted by Gasteiger charge is 2.24. The van der Waals surface area contributed by atoms with Crippen LogP contribution in [-0.4, -0.2) is 28.3 Å².